The third-order valence-electron chi connectivity index (χ3n) is 10.8. The molecule has 1 aliphatic rings. The van der Waals surface area contributed by atoms with Crippen molar-refractivity contribution in [2.24, 2.45) is 16.8 Å². The Kier molecular flexibility index (Phi) is 20.9. The monoisotopic (exact) mass is 993 g/mol. The maximum Gasteiger partial charge on any atom is 0.469 e. The van der Waals surface area contributed by atoms with E-state index in [-0.39, 0.29) is 36.4 Å². The highest BCUT2D eigenvalue weighted by atomic mass is 35.5. The summed E-state index contributed by atoms with van der Waals surface area (Å²) in [7, 11) is -3.56. The molecule has 10 N–H and O–H groups in total. The molecule has 6 atom stereocenters. The van der Waals surface area contributed by atoms with E-state index in [0.29, 0.717) is 68.2 Å². The fraction of sp³-hybridized carbons (Fsp3) is 0.548. The van der Waals surface area contributed by atoms with E-state index in [4.69, 9.17) is 26.9 Å². The Balaban J connectivity index is 1.43. The molecule has 68 heavy (non-hydrogen) atoms. The normalized spacial score (nSPS) is 16.1. The van der Waals surface area contributed by atoms with Gasteiger partial charge in [0.25, 0.3) is 0 Å². The fourth-order valence-corrected chi connectivity index (χ4v) is 8.05. The van der Waals surface area contributed by atoms with Crippen molar-refractivity contribution in [1.82, 2.24) is 45.7 Å². The van der Waals surface area contributed by atoms with Crippen LogP contribution in [0.3, 0.4) is 0 Å². The highest BCUT2D eigenvalue weighted by molar-refractivity contribution is 7.46. The SMILES string of the molecule is COc1ccc(-c2nc(/C=N/OCCCCCn3cncc3C[C@H](NC(=O)[C@H](CC(C)C)NC(=O)[C@@H]3CCCN3C(C)=O)C(=O)N[C@@H](CO)C(=O)N[C@H](C(N)=O)[C@@H](C)OP(=O)(O)O)c(Cl)[nH]2)cc1. The molecule has 4 rings (SSSR count). The predicted molar refractivity (Wildman–Crippen MR) is 245 cm³/mol. The van der Waals surface area contributed by atoms with Gasteiger partial charge in [-0.3, -0.25) is 33.3 Å². The Bertz CT molecular complexity index is 2270. The average Bonchev–Trinajstić information content (AvgIpc) is 4.04. The number of carbonyl (C=O) groups excluding carboxylic acids is 6. The first-order chi connectivity index (χ1) is 32.2. The second-order valence-electron chi connectivity index (χ2n) is 16.5. The summed E-state index contributed by atoms with van der Waals surface area (Å²) < 4.78 is 22.9. The van der Waals surface area contributed by atoms with E-state index in [0.717, 1.165) is 12.5 Å². The minimum atomic E-state index is -5.14. The van der Waals surface area contributed by atoms with Crippen LogP contribution in [0.15, 0.2) is 41.9 Å². The number of carbonyl (C=O) groups is 6. The molecule has 6 amide bonds. The van der Waals surface area contributed by atoms with Crippen molar-refractivity contribution in [2.75, 3.05) is 26.9 Å². The summed E-state index contributed by atoms with van der Waals surface area (Å²) in [5.41, 5.74) is 7.04. The van der Waals surface area contributed by atoms with E-state index in [1.54, 1.807) is 30.1 Å². The zero-order valence-electron chi connectivity index (χ0n) is 38.4. The number of aromatic amines is 1. The van der Waals surface area contributed by atoms with E-state index >= 15 is 0 Å². The van der Waals surface area contributed by atoms with Gasteiger partial charge in [-0.2, -0.15) is 0 Å². The first-order valence-corrected chi connectivity index (χ1v) is 23.8. The lowest BCUT2D eigenvalue weighted by Crippen LogP contribution is -2.61. The maximum absolute atomic E-state index is 14.1. The number of H-pyrrole nitrogens is 1. The number of methoxy groups -OCH3 is 1. The van der Waals surface area contributed by atoms with Gasteiger partial charge >= 0.3 is 7.82 Å². The largest absolute Gasteiger partial charge is 0.497 e. The Labute approximate surface area is 397 Å². The zero-order valence-corrected chi connectivity index (χ0v) is 40.1. The second-order valence-corrected chi connectivity index (χ2v) is 18.0. The molecule has 2 aromatic heterocycles. The molecule has 1 fully saturated rings. The van der Waals surface area contributed by atoms with Crippen LogP contribution in [0.4, 0.5) is 0 Å². The van der Waals surface area contributed by atoms with Crippen LogP contribution in [0.25, 0.3) is 11.4 Å². The number of phosphoric ester groups is 1. The highest BCUT2D eigenvalue weighted by Crippen LogP contribution is 2.38. The molecule has 0 saturated carbocycles. The molecule has 26 heteroatoms. The van der Waals surface area contributed by atoms with Gasteiger partial charge in [-0.1, -0.05) is 30.6 Å². The number of aliphatic hydroxyl groups excluding tert-OH is 1. The molecule has 0 unspecified atom stereocenters. The van der Waals surface area contributed by atoms with Crippen LogP contribution in [-0.4, -0.2) is 144 Å². The van der Waals surface area contributed by atoms with Gasteiger partial charge in [0.15, 0.2) is 0 Å². The Hall–Kier alpha value is -5.91. The molecule has 374 valence electrons. The zero-order chi connectivity index (χ0) is 50.1. The van der Waals surface area contributed by atoms with E-state index in [1.807, 2.05) is 26.0 Å². The van der Waals surface area contributed by atoms with Crippen molar-refractivity contribution in [3.63, 3.8) is 0 Å². The molecule has 1 saturated heterocycles. The minimum Gasteiger partial charge on any atom is -0.497 e. The number of rotatable bonds is 27. The summed E-state index contributed by atoms with van der Waals surface area (Å²) in [5, 5.41) is 24.4. The number of ether oxygens (including phenoxy) is 1. The number of aliphatic hydroxyl groups is 1. The summed E-state index contributed by atoms with van der Waals surface area (Å²) in [6.45, 7) is 6.17. The van der Waals surface area contributed by atoms with Gasteiger partial charge in [0.05, 0.1) is 32.4 Å². The molecule has 3 aromatic rings. The van der Waals surface area contributed by atoms with Gasteiger partial charge in [0, 0.05) is 43.9 Å². The lowest BCUT2D eigenvalue weighted by atomic mass is 10.0. The highest BCUT2D eigenvalue weighted by Gasteiger charge is 2.37. The Morgan fingerprint density at radius 1 is 1.00 bits per heavy atom. The number of benzene rings is 1. The van der Waals surface area contributed by atoms with Crippen LogP contribution in [0.2, 0.25) is 5.15 Å². The summed E-state index contributed by atoms with van der Waals surface area (Å²) in [6, 6.07) is 0.335. The number of oxime groups is 1. The number of hydrogen-bond donors (Lipinski definition) is 9. The second kappa shape index (κ2) is 26.0. The summed E-state index contributed by atoms with van der Waals surface area (Å²) in [5.74, 6) is -3.80. The third kappa shape index (κ3) is 16.7. The van der Waals surface area contributed by atoms with Crippen molar-refractivity contribution in [3.05, 3.63) is 53.3 Å². The van der Waals surface area contributed by atoms with Crippen LogP contribution in [0.5, 0.6) is 5.75 Å². The smallest absolute Gasteiger partial charge is 0.469 e. The summed E-state index contributed by atoms with van der Waals surface area (Å²) in [6.07, 6.45) is 5.71. The molecule has 0 radical (unpaired) electrons. The number of nitrogens with zero attached hydrogens (tertiary/aromatic N) is 5. The van der Waals surface area contributed by atoms with Crippen molar-refractivity contribution in [1.29, 1.82) is 0 Å². The van der Waals surface area contributed by atoms with Gasteiger partial charge in [-0.15, -0.1) is 0 Å². The molecule has 0 spiro atoms. The molecule has 1 aromatic carbocycles. The van der Waals surface area contributed by atoms with Crippen LogP contribution in [0.1, 0.15) is 77.6 Å². The Morgan fingerprint density at radius 2 is 1.68 bits per heavy atom. The van der Waals surface area contributed by atoms with Crippen LogP contribution >= 0.6 is 19.4 Å². The van der Waals surface area contributed by atoms with Crippen LogP contribution in [-0.2, 0) is 55.7 Å². The Morgan fingerprint density at radius 3 is 2.31 bits per heavy atom. The number of nitrogens with two attached hydrogens (primary N) is 1. The minimum absolute atomic E-state index is 0.115. The number of amides is 6. The first-order valence-electron chi connectivity index (χ1n) is 21.9. The van der Waals surface area contributed by atoms with E-state index < -0.39 is 80.3 Å². The number of likely N-dealkylation sites (tertiary alicyclic amines) is 1. The van der Waals surface area contributed by atoms with Crippen molar-refractivity contribution < 1.29 is 62.3 Å². The summed E-state index contributed by atoms with van der Waals surface area (Å²) >= 11 is 6.32. The number of imidazole rings is 2. The van der Waals surface area contributed by atoms with Crippen LogP contribution < -0.4 is 31.7 Å². The predicted octanol–water partition coefficient (Wildman–Crippen LogP) is 0.670. The molecule has 0 bridgehead atoms. The first kappa shape index (κ1) is 54.7. The number of aromatic nitrogens is 4. The van der Waals surface area contributed by atoms with Gasteiger partial charge in [-0.05, 0) is 75.6 Å². The summed E-state index contributed by atoms with van der Waals surface area (Å²) in [4.78, 5) is 116. The molecule has 24 nitrogen and oxygen atoms in total. The maximum atomic E-state index is 14.1. The quantitative estimate of drug-likeness (QED) is 0.0219. The van der Waals surface area contributed by atoms with Gasteiger partial charge < -0.3 is 65.9 Å². The average molecular weight is 994 g/mol. The molecule has 0 aliphatic carbocycles. The van der Waals surface area contributed by atoms with Crippen molar-refractivity contribution in [3.8, 4) is 17.1 Å². The van der Waals surface area contributed by atoms with Crippen molar-refractivity contribution in [2.45, 2.75) is 115 Å². The third-order valence-corrected chi connectivity index (χ3v) is 11.7. The van der Waals surface area contributed by atoms with Gasteiger partial charge in [0.1, 0.15) is 59.2 Å². The lowest BCUT2D eigenvalue weighted by molar-refractivity contribution is -0.139. The van der Waals surface area contributed by atoms with Gasteiger partial charge in [0.2, 0.25) is 35.4 Å². The topological polar surface area (TPSA) is 344 Å². The molecular formula is C42H61ClN11O13P. The number of aryl methyl sites for hydroxylation is 1. The van der Waals surface area contributed by atoms with Crippen LogP contribution in [0, 0.1) is 5.92 Å². The van der Waals surface area contributed by atoms with Crippen molar-refractivity contribution >= 4 is 61.1 Å². The van der Waals surface area contributed by atoms with E-state index in [9.17, 15) is 48.2 Å². The number of hydrogen-bond acceptors (Lipinski definition) is 14. The molecule has 3 heterocycles. The number of primary amides is 1. The van der Waals surface area contributed by atoms with Gasteiger partial charge in [-0.25, -0.2) is 14.5 Å². The number of phosphoric acid groups is 1. The standard InChI is InChI=1S/C42H61ClN11O13P/c1-24(2)18-30(49-42(61)34-10-9-16-54(34)26(4)56)39(58)48-31(40(59)50-33(22-55)41(60)51-35(37(44)57)25(3)67-68(62,63)64)19-28-20-45-23-53(28)15-7-6-8-17-66-46-21-32-36(43)52-38(47-32)27-11-13-29(65-5)14-12-27/h11-14,20-21,23-25,30-31,33-35,55H,6-10,15-19,22H2,1-5H3,(H2,44,57)(H,47,52)(H,48,58)(H,49,61)(H,50,59)(H,51,60)(H2,62,63,64)/b46-21+/t25-,30+,31+,33+,34+,35+/m1/s1. The fourth-order valence-electron chi connectivity index (χ4n) is 7.32. The number of unbranched alkanes of at least 4 members (excludes halogenated alkanes) is 2. The van der Waals surface area contributed by atoms with E-state index in [1.165, 1.54) is 24.2 Å². The molecular weight excluding hydrogens is 933 g/mol. The number of halogens is 1. The van der Waals surface area contributed by atoms with E-state index in [2.05, 4.69) is 45.9 Å². The lowest BCUT2D eigenvalue weighted by Gasteiger charge is -2.28. The number of nitrogens with one attached hydrogen (secondary N) is 5. The molecule has 1 aliphatic heterocycles.